The lowest BCUT2D eigenvalue weighted by Gasteiger charge is -2.16. The van der Waals surface area contributed by atoms with Gasteiger partial charge in [0.15, 0.2) is 0 Å². The number of ether oxygens (including phenoxy) is 1. The third-order valence-corrected chi connectivity index (χ3v) is 4.87. The highest BCUT2D eigenvalue weighted by Gasteiger charge is 2.11. The molecule has 144 valence electrons. The summed E-state index contributed by atoms with van der Waals surface area (Å²) < 4.78 is 5.64. The highest BCUT2D eigenvalue weighted by molar-refractivity contribution is 5.69. The molecule has 0 spiro atoms. The van der Waals surface area contributed by atoms with E-state index < -0.39 is 0 Å². The van der Waals surface area contributed by atoms with E-state index in [0.717, 1.165) is 25.7 Å². The minimum atomic E-state index is 0.0225. The molecule has 0 bridgehead atoms. The fraction of sp³-hybridized carbons (Fsp3) is 0.955. The molecule has 0 aromatic heterocycles. The first kappa shape index (κ1) is 23.5. The maximum atomic E-state index is 11.9. The molecule has 24 heavy (non-hydrogen) atoms. The summed E-state index contributed by atoms with van der Waals surface area (Å²) >= 11 is 0. The molecule has 0 rings (SSSR count). The van der Waals surface area contributed by atoms with Crippen LogP contribution in [0.3, 0.4) is 0 Å². The fourth-order valence-electron chi connectivity index (χ4n) is 3.15. The summed E-state index contributed by atoms with van der Waals surface area (Å²) in [6.45, 7) is 6.61. The molecule has 0 unspecified atom stereocenters. The summed E-state index contributed by atoms with van der Waals surface area (Å²) in [4.78, 5) is 11.9. The lowest BCUT2D eigenvalue weighted by atomic mass is 10.0. The van der Waals surface area contributed by atoms with Gasteiger partial charge in [0.1, 0.15) is 6.10 Å². The van der Waals surface area contributed by atoms with Gasteiger partial charge in [-0.25, -0.2) is 0 Å². The highest BCUT2D eigenvalue weighted by atomic mass is 16.5. The second-order valence-electron chi connectivity index (χ2n) is 7.30. The van der Waals surface area contributed by atoms with E-state index in [2.05, 4.69) is 20.8 Å². The predicted molar refractivity (Wildman–Crippen MR) is 105 cm³/mol. The van der Waals surface area contributed by atoms with Crippen LogP contribution in [0.5, 0.6) is 0 Å². The van der Waals surface area contributed by atoms with Crippen molar-refractivity contribution in [2.24, 2.45) is 0 Å². The largest absolute Gasteiger partial charge is 0.462 e. The molecule has 0 N–H and O–H groups in total. The Morgan fingerprint density at radius 3 is 1.62 bits per heavy atom. The molecule has 0 aliphatic rings. The first-order valence-corrected chi connectivity index (χ1v) is 10.9. The van der Waals surface area contributed by atoms with E-state index in [0.29, 0.717) is 6.42 Å². The second kappa shape index (κ2) is 18.8. The first-order chi connectivity index (χ1) is 11.7. The number of rotatable bonds is 18. The minimum absolute atomic E-state index is 0.0225. The Hall–Kier alpha value is -0.530. The van der Waals surface area contributed by atoms with Crippen LogP contribution < -0.4 is 0 Å². The Labute approximate surface area is 152 Å². The van der Waals surface area contributed by atoms with Crippen molar-refractivity contribution >= 4 is 5.97 Å². The Bertz CT molecular complexity index is 263. The molecule has 0 aromatic rings. The van der Waals surface area contributed by atoms with E-state index in [1.165, 1.54) is 77.0 Å². The third-order valence-electron chi connectivity index (χ3n) is 4.87. The fourth-order valence-corrected chi connectivity index (χ4v) is 3.15. The predicted octanol–water partition coefficient (Wildman–Crippen LogP) is 7.59. The van der Waals surface area contributed by atoms with Gasteiger partial charge in [0.2, 0.25) is 0 Å². The van der Waals surface area contributed by atoms with E-state index in [1.54, 1.807) is 0 Å². The Morgan fingerprint density at radius 1 is 0.667 bits per heavy atom. The van der Waals surface area contributed by atoms with Crippen LogP contribution >= 0.6 is 0 Å². The van der Waals surface area contributed by atoms with Gasteiger partial charge in [-0.2, -0.15) is 0 Å². The average Bonchev–Trinajstić information content (AvgIpc) is 2.59. The van der Waals surface area contributed by atoms with Crippen LogP contribution in [0, 0.1) is 0 Å². The van der Waals surface area contributed by atoms with Crippen molar-refractivity contribution in [3.63, 3.8) is 0 Å². The molecule has 0 aromatic carbocycles. The van der Waals surface area contributed by atoms with Crippen LogP contribution in [0.4, 0.5) is 0 Å². The van der Waals surface area contributed by atoms with Crippen molar-refractivity contribution in [2.75, 3.05) is 0 Å². The molecule has 0 aliphatic carbocycles. The first-order valence-electron chi connectivity index (χ1n) is 10.9. The normalized spacial score (nSPS) is 12.3. The van der Waals surface area contributed by atoms with Crippen LogP contribution in [0.25, 0.3) is 0 Å². The van der Waals surface area contributed by atoms with Gasteiger partial charge in [0.05, 0.1) is 0 Å². The Kier molecular flexibility index (Phi) is 18.4. The van der Waals surface area contributed by atoms with Crippen LogP contribution in [0.2, 0.25) is 0 Å². The van der Waals surface area contributed by atoms with Crippen LogP contribution in [0.1, 0.15) is 130 Å². The second-order valence-corrected chi connectivity index (χ2v) is 7.30. The SMILES string of the molecule is CCCCCCCCCCC[C@@H](CC)OC(=O)CCCCCCC. The molecule has 0 amide bonds. The van der Waals surface area contributed by atoms with Gasteiger partial charge in [0.25, 0.3) is 0 Å². The summed E-state index contributed by atoms with van der Waals surface area (Å²) in [5, 5.41) is 0. The molecule has 1 atom stereocenters. The highest BCUT2D eigenvalue weighted by Crippen LogP contribution is 2.15. The van der Waals surface area contributed by atoms with Crippen LogP contribution in [-0.2, 0) is 9.53 Å². The van der Waals surface area contributed by atoms with Crippen molar-refractivity contribution in [1.29, 1.82) is 0 Å². The van der Waals surface area contributed by atoms with Gasteiger partial charge < -0.3 is 4.74 Å². The standard InChI is InChI=1S/C22H44O2/c1-4-7-9-11-12-13-14-16-17-19-21(6-3)24-22(23)20-18-15-10-8-5-2/h21H,4-20H2,1-3H3/t21-/m1/s1. The summed E-state index contributed by atoms with van der Waals surface area (Å²) in [5.74, 6) is 0.0225. The van der Waals surface area contributed by atoms with Gasteiger partial charge in [-0.3, -0.25) is 4.79 Å². The van der Waals surface area contributed by atoms with Crippen molar-refractivity contribution in [3.8, 4) is 0 Å². The molecule has 0 radical (unpaired) electrons. The van der Waals surface area contributed by atoms with E-state index in [4.69, 9.17) is 4.74 Å². The van der Waals surface area contributed by atoms with Gasteiger partial charge in [-0.15, -0.1) is 0 Å². The molecule has 2 heteroatoms. The van der Waals surface area contributed by atoms with E-state index in [9.17, 15) is 4.79 Å². The molecule has 0 aliphatic heterocycles. The maximum absolute atomic E-state index is 11.9. The van der Waals surface area contributed by atoms with Crippen molar-refractivity contribution in [1.82, 2.24) is 0 Å². The zero-order valence-corrected chi connectivity index (χ0v) is 16.9. The van der Waals surface area contributed by atoms with Crippen LogP contribution in [-0.4, -0.2) is 12.1 Å². The summed E-state index contributed by atoms with van der Waals surface area (Å²) in [6.07, 6.45) is 20.8. The zero-order chi connectivity index (χ0) is 17.9. The molecule has 0 fully saturated rings. The van der Waals surface area contributed by atoms with E-state index in [-0.39, 0.29) is 12.1 Å². The summed E-state index contributed by atoms with van der Waals surface area (Å²) in [7, 11) is 0. The Balaban J connectivity index is 3.49. The molecular formula is C22H44O2. The monoisotopic (exact) mass is 340 g/mol. The molecule has 2 nitrogen and oxygen atoms in total. The Morgan fingerprint density at radius 2 is 1.12 bits per heavy atom. The minimum Gasteiger partial charge on any atom is -0.462 e. The zero-order valence-electron chi connectivity index (χ0n) is 16.9. The quantitative estimate of drug-likeness (QED) is 0.190. The number of carbonyl (C=O) groups is 1. The number of carbonyl (C=O) groups excluding carboxylic acids is 1. The number of esters is 1. The molecule has 0 saturated carbocycles. The smallest absolute Gasteiger partial charge is 0.306 e. The molecular weight excluding hydrogens is 296 g/mol. The van der Waals surface area contributed by atoms with Crippen molar-refractivity contribution in [3.05, 3.63) is 0 Å². The van der Waals surface area contributed by atoms with Crippen molar-refractivity contribution < 1.29 is 9.53 Å². The lowest BCUT2D eigenvalue weighted by Crippen LogP contribution is -2.17. The van der Waals surface area contributed by atoms with Gasteiger partial charge in [0, 0.05) is 6.42 Å². The van der Waals surface area contributed by atoms with E-state index in [1.807, 2.05) is 0 Å². The number of hydrogen-bond donors (Lipinski definition) is 0. The van der Waals surface area contributed by atoms with Gasteiger partial charge in [-0.05, 0) is 25.7 Å². The maximum Gasteiger partial charge on any atom is 0.306 e. The molecule has 0 heterocycles. The summed E-state index contributed by atoms with van der Waals surface area (Å²) in [5.41, 5.74) is 0. The lowest BCUT2D eigenvalue weighted by molar-refractivity contribution is -0.149. The molecule has 0 saturated heterocycles. The topological polar surface area (TPSA) is 26.3 Å². The van der Waals surface area contributed by atoms with E-state index >= 15 is 0 Å². The van der Waals surface area contributed by atoms with Gasteiger partial charge in [-0.1, -0.05) is 97.8 Å². The summed E-state index contributed by atoms with van der Waals surface area (Å²) in [6, 6.07) is 0. The number of hydrogen-bond acceptors (Lipinski definition) is 2. The van der Waals surface area contributed by atoms with Crippen LogP contribution in [0.15, 0.2) is 0 Å². The number of unbranched alkanes of at least 4 members (excludes halogenated alkanes) is 12. The van der Waals surface area contributed by atoms with Crippen molar-refractivity contribution in [2.45, 2.75) is 136 Å². The average molecular weight is 341 g/mol. The van der Waals surface area contributed by atoms with Gasteiger partial charge >= 0.3 is 5.97 Å². The third kappa shape index (κ3) is 16.3.